The molecule has 0 saturated carbocycles. The van der Waals surface area contributed by atoms with Crippen LogP contribution in [0.2, 0.25) is 0 Å². The third kappa shape index (κ3) is 3.60. The molecule has 2 rings (SSSR count). The van der Waals surface area contributed by atoms with Crippen molar-refractivity contribution in [1.29, 1.82) is 0 Å². The Kier molecular flexibility index (Phi) is 4.94. The molecule has 1 aliphatic rings. The van der Waals surface area contributed by atoms with Crippen LogP contribution in [0.4, 0.5) is 10.1 Å². The normalized spacial score (nSPS) is 18.4. The maximum Gasteiger partial charge on any atom is 0.229 e. The standard InChI is InChI=1S/C16H21FN2O2/c1-3-11(4-2)16(21)18-13-9-15(20)19(10-13)14-7-5-12(17)6-8-14/h5-8,11,13H,3-4,9-10H2,1-2H3,(H,18,21). The van der Waals surface area contributed by atoms with Gasteiger partial charge in [0.25, 0.3) is 0 Å². The molecule has 1 atom stereocenters. The second-order valence-corrected chi connectivity index (χ2v) is 5.40. The van der Waals surface area contributed by atoms with Crippen molar-refractivity contribution in [2.75, 3.05) is 11.4 Å². The fourth-order valence-electron chi connectivity index (χ4n) is 2.65. The zero-order valence-electron chi connectivity index (χ0n) is 12.4. The molecule has 1 aromatic rings. The molecule has 0 bridgehead atoms. The van der Waals surface area contributed by atoms with Crippen molar-refractivity contribution in [2.45, 2.75) is 39.2 Å². The summed E-state index contributed by atoms with van der Waals surface area (Å²) in [5.74, 6) is -0.362. The van der Waals surface area contributed by atoms with E-state index in [0.717, 1.165) is 12.8 Å². The Morgan fingerprint density at radius 1 is 1.33 bits per heavy atom. The number of rotatable bonds is 5. The maximum absolute atomic E-state index is 12.9. The summed E-state index contributed by atoms with van der Waals surface area (Å²) in [4.78, 5) is 25.7. The Morgan fingerprint density at radius 3 is 2.52 bits per heavy atom. The van der Waals surface area contributed by atoms with Crippen LogP contribution in [0.15, 0.2) is 24.3 Å². The van der Waals surface area contributed by atoms with E-state index in [1.165, 1.54) is 12.1 Å². The third-order valence-corrected chi connectivity index (χ3v) is 3.97. The van der Waals surface area contributed by atoms with Crippen molar-refractivity contribution in [2.24, 2.45) is 5.92 Å². The van der Waals surface area contributed by atoms with E-state index in [9.17, 15) is 14.0 Å². The summed E-state index contributed by atoms with van der Waals surface area (Å²) in [6.07, 6.45) is 1.89. The van der Waals surface area contributed by atoms with Crippen LogP contribution in [0, 0.1) is 11.7 Å². The second kappa shape index (κ2) is 6.70. The molecule has 1 aliphatic heterocycles. The molecule has 2 amide bonds. The lowest BCUT2D eigenvalue weighted by molar-refractivity contribution is -0.125. The largest absolute Gasteiger partial charge is 0.351 e. The summed E-state index contributed by atoms with van der Waals surface area (Å²) in [7, 11) is 0. The molecule has 0 aliphatic carbocycles. The smallest absolute Gasteiger partial charge is 0.229 e. The van der Waals surface area contributed by atoms with Crippen LogP contribution < -0.4 is 10.2 Å². The number of benzene rings is 1. The van der Waals surface area contributed by atoms with Gasteiger partial charge in [-0.05, 0) is 37.1 Å². The van der Waals surface area contributed by atoms with Gasteiger partial charge in [0.15, 0.2) is 0 Å². The van der Waals surface area contributed by atoms with Gasteiger partial charge < -0.3 is 10.2 Å². The van der Waals surface area contributed by atoms with Gasteiger partial charge in [-0.15, -0.1) is 0 Å². The molecule has 4 nitrogen and oxygen atoms in total. The Balaban J connectivity index is 1.99. The van der Waals surface area contributed by atoms with E-state index in [-0.39, 0.29) is 29.6 Å². The van der Waals surface area contributed by atoms with E-state index in [1.54, 1.807) is 17.0 Å². The van der Waals surface area contributed by atoms with E-state index < -0.39 is 0 Å². The van der Waals surface area contributed by atoms with Crippen LogP contribution in [0.3, 0.4) is 0 Å². The predicted molar refractivity (Wildman–Crippen MR) is 79.4 cm³/mol. The van der Waals surface area contributed by atoms with Crippen molar-refractivity contribution < 1.29 is 14.0 Å². The van der Waals surface area contributed by atoms with Gasteiger partial charge in [0.05, 0.1) is 6.04 Å². The minimum atomic E-state index is -0.330. The van der Waals surface area contributed by atoms with Crippen LogP contribution in [0.1, 0.15) is 33.1 Å². The first-order valence-electron chi connectivity index (χ1n) is 7.41. The van der Waals surface area contributed by atoms with Crippen LogP contribution in [0.25, 0.3) is 0 Å². The fraction of sp³-hybridized carbons (Fsp3) is 0.500. The molecule has 1 N–H and O–H groups in total. The molecule has 0 spiro atoms. The highest BCUT2D eigenvalue weighted by atomic mass is 19.1. The number of hydrogen-bond donors (Lipinski definition) is 1. The number of hydrogen-bond acceptors (Lipinski definition) is 2. The van der Waals surface area contributed by atoms with Crippen molar-refractivity contribution in [3.63, 3.8) is 0 Å². The topological polar surface area (TPSA) is 49.4 Å². The monoisotopic (exact) mass is 292 g/mol. The Labute approximate surface area is 124 Å². The number of carbonyl (C=O) groups excluding carboxylic acids is 2. The molecule has 0 radical (unpaired) electrons. The van der Waals surface area contributed by atoms with E-state index in [1.807, 2.05) is 13.8 Å². The van der Waals surface area contributed by atoms with E-state index in [2.05, 4.69) is 5.32 Å². The van der Waals surface area contributed by atoms with Crippen molar-refractivity contribution >= 4 is 17.5 Å². The van der Waals surface area contributed by atoms with Crippen molar-refractivity contribution in [1.82, 2.24) is 5.32 Å². The minimum absolute atomic E-state index is 0.0000248. The molecule has 1 unspecified atom stereocenters. The average molecular weight is 292 g/mol. The highest BCUT2D eigenvalue weighted by Gasteiger charge is 2.32. The lowest BCUT2D eigenvalue weighted by atomic mass is 10.0. The fourth-order valence-corrected chi connectivity index (χ4v) is 2.65. The summed E-state index contributed by atoms with van der Waals surface area (Å²) in [6.45, 7) is 4.41. The van der Waals surface area contributed by atoms with E-state index >= 15 is 0 Å². The zero-order chi connectivity index (χ0) is 15.4. The maximum atomic E-state index is 12.9. The lowest BCUT2D eigenvalue weighted by Crippen LogP contribution is -2.40. The summed E-state index contributed by atoms with van der Waals surface area (Å²) in [5.41, 5.74) is 0.667. The SMILES string of the molecule is CCC(CC)C(=O)NC1CC(=O)N(c2ccc(F)cc2)C1. The highest BCUT2D eigenvalue weighted by molar-refractivity contribution is 5.96. The molecule has 1 heterocycles. The molecule has 114 valence electrons. The zero-order valence-corrected chi connectivity index (χ0v) is 12.4. The number of amides is 2. The molecular formula is C16H21FN2O2. The number of carbonyl (C=O) groups is 2. The van der Waals surface area contributed by atoms with Gasteiger partial charge in [-0.25, -0.2) is 4.39 Å². The lowest BCUT2D eigenvalue weighted by Gasteiger charge is -2.19. The van der Waals surface area contributed by atoms with Gasteiger partial charge in [0.2, 0.25) is 11.8 Å². The molecule has 1 saturated heterocycles. The van der Waals surface area contributed by atoms with Crippen LogP contribution in [-0.2, 0) is 9.59 Å². The average Bonchev–Trinajstić information content (AvgIpc) is 2.81. The number of halogens is 1. The van der Waals surface area contributed by atoms with Crippen molar-refractivity contribution in [3.05, 3.63) is 30.1 Å². The predicted octanol–water partition coefficient (Wildman–Crippen LogP) is 2.48. The molecule has 5 heteroatoms. The third-order valence-electron chi connectivity index (χ3n) is 3.97. The first kappa shape index (κ1) is 15.5. The van der Waals surface area contributed by atoms with Crippen LogP contribution >= 0.6 is 0 Å². The summed E-state index contributed by atoms with van der Waals surface area (Å²) < 4.78 is 12.9. The first-order valence-corrected chi connectivity index (χ1v) is 7.41. The van der Waals surface area contributed by atoms with Gasteiger partial charge in [-0.3, -0.25) is 9.59 Å². The highest BCUT2D eigenvalue weighted by Crippen LogP contribution is 2.22. The van der Waals surface area contributed by atoms with Gasteiger partial charge in [0, 0.05) is 24.6 Å². The van der Waals surface area contributed by atoms with E-state index in [4.69, 9.17) is 0 Å². The van der Waals surface area contributed by atoms with E-state index in [0.29, 0.717) is 18.7 Å². The molecule has 1 aromatic carbocycles. The Morgan fingerprint density at radius 2 is 1.95 bits per heavy atom. The van der Waals surface area contributed by atoms with Crippen molar-refractivity contribution in [3.8, 4) is 0 Å². The molecule has 21 heavy (non-hydrogen) atoms. The summed E-state index contributed by atoms with van der Waals surface area (Å²) >= 11 is 0. The Bertz CT molecular complexity index is 512. The van der Waals surface area contributed by atoms with Crippen LogP contribution in [0.5, 0.6) is 0 Å². The first-order chi connectivity index (χ1) is 10.0. The summed E-state index contributed by atoms with van der Waals surface area (Å²) in [5, 5.41) is 2.95. The van der Waals surface area contributed by atoms with Gasteiger partial charge in [0.1, 0.15) is 5.82 Å². The summed E-state index contributed by atoms with van der Waals surface area (Å²) in [6, 6.07) is 5.66. The van der Waals surface area contributed by atoms with Crippen LogP contribution in [-0.4, -0.2) is 24.4 Å². The number of nitrogens with zero attached hydrogens (tertiary/aromatic N) is 1. The van der Waals surface area contributed by atoms with Gasteiger partial charge in [-0.2, -0.15) is 0 Å². The minimum Gasteiger partial charge on any atom is -0.351 e. The van der Waals surface area contributed by atoms with Gasteiger partial charge >= 0.3 is 0 Å². The molecule has 1 fully saturated rings. The quantitative estimate of drug-likeness (QED) is 0.906. The van der Waals surface area contributed by atoms with Gasteiger partial charge in [-0.1, -0.05) is 13.8 Å². The molecule has 0 aromatic heterocycles. The number of nitrogens with one attached hydrogen (secondary N) is 1. The Hall–Kier alpha value is -1.91. The number of anilines is 1. The molecular weight excluding hydrogens is 271 g/mol. The second-order valence-electron chi connectivity index (χ2n) is 5.40.